The molecular formula is C34H25ClN6O4. The third-order valence-corrected chi connectivity index (χ3v) is 6.02. The van der Waals surface area contributed by atoms with Gasteiger partial charge in [-0.3, -0.25) is 29.5 Å². The van der Waals surface area contributed by atoms with E-state index in [0.29, 0.717) is 39.4 Å². The van der Waals surface area contributed by atoms with Gasteiger partial charge in [0.15, 0.2) is 0 Å². The fourth-order valence-electron chi connectivity index (χ4n) is 3.76. The smallest absolute Gasteiger partial charge is 0.274 e. The van der Waals surface area contributed by atoms with Crippen LogP contribution in [0.3, 0.4) is 0 Å². The molecule has 0 bridgehead atoms. The van der Waals surface area contributed by atoms with Gasteiger partial charge < -0.3 is 20.1 Å². The van der Waals surface area contributed by atoms with Crippen LogP contribution in [-0.2, 0) is 0 Å². The number of anilines is 2. The molecule has 4 aromatic heterocycles. The van der Waals surface area contributed by atoms with Gasteiger partial charge in [-0.15, -0.1) is 0 Å². The second kappa shape index (κ2) is 15.4. The van der Waals surface area contributed by atoms with E-state index in [2.05, 4.69) is 30.6 Å². The third-order valence-electron chi connectivity index (χ3n) is 5.78. The summed E-state index contributed by atoms with van der Waals surface area (Å²) in [5, 5.41) is 6.06. The normalized spacial score (nSPS) is 10.1. The van der Waals surface area contributed by atoms with Crippen molar-refractivity contribution in [2.24, 2.45) is 0 Å². The molecule has 0 atom stereocenters. The lowest BCUT2D eigenvalue weighted by Crippen LogP contribution is -2.13. The minimum atomic E-state index is -0.344. The van der Waals surface area contributed by atoms with Crippen LogP contribution in [0.4, 0.5) is 11.4 Å². The first-order chi connectivity index (χ1) is 22.0. The van der Waals surface area contributed by atoms with Crippen molar-refractivity contribution >= 4 is 34.8 Å². The first-order valence-corrected chi connectivity index (χ1v) is 13.9. The number of para-hydroxylation sites is 1. The zero-order valence-electron chi connectivity index (χ0n) is 23.6. The first kappa shape index (κ1) is 30.3. The molecule has 0 aliphatic heterocycles. The molecule has 0 radical (unpaired) electrons. The lowest BCUT2D eigenvalue weighted by Gasteiger charge is -2.08. The predicted octanol–water partition coefficient (Wildman–Crippen LogP) is 7.70. The first-order valence-electron chi connectivity index (χ1n) is 13.5. The highest BCUT2D eigenvalue weighted by atomic mass is 35.5. The molecule has 45 heavy (non-hydrogen) atoms. The Balaban J connectivity index is 0.000000178. The molecule has 2 aromatic carbocycles. The number of benzene rings is 2. The van der Waals surface area contributed by atoms with Crippen molar-refractivity contribution in [2.75, 3.05) is 10.6 Å². The average molecular weight is 617 g/mol. The molecule has 10 nitrogen and oxygen atoms in total. The molecule has 0 aliphatic rings. The van der Waals surface area contributed by atoms with Crippen LogP contribution >= 0.6 is 11.6 Å². The summed E-state index contributed by atoms with van der Waals surface area (Å²) >= 11 is 5.90. The van der Waals surface area contributed by atoms with Gasteiger partial charge >= 0.3 is 0 Å². The highest BCUT2D eigenvalue weighted by molar-refractivity contribution is 6.31. The van der Waals surface area contributed by atoms with Crippen LogP contribution < -0.4 is 20.1 Å². The molecule has 0 unspecified atom stereocenters. The number of nitrogens with zero attached hydrogens (tertiary/aromatic N) is 4. The number of carbonyl (C=O) groups excluding carboxylic acids is 2. The Morgan fingerprint density at radius 3 is 1.58 bits per heavy atom. The van der Waals surface area contributed by atoms with Gasteiger partial charge in [0.25, 0.3) is 11.8 Å². The molecular weight excluding hydrogens is 592 g/mol. The summed E-state index contributed by atoms with van der Waals surface area (Å²) in [5.41, 5.74) is 1.84. The maximum absolute atomic E-state index is 12.2. The Kier molecular flexibility index (Phi) is 10.4. The van der Waals surface area contributed by atoms with Gasteiger partial charge in [0.2, 0.25) is 0 Å². The van der Waals surface area contributed by atoms with E-state index < -0.39 is 0 Å². The van der Waals surface area contributed by atoms with E-state index in [-0.39, 0.29) is 23.2 Å². The van der Waals surface area contributed by atoms with E-state index in [1.54, 1.807) is 97.6 Å². The lowest BCUT2D eigenvalue weighted by atomic mass is 10.3. The van der Waals surface area contributed by atoms with Crippen LogP contribution in [0.25, 0.3) is 0 Å². The van der Waals surface area contributed by atoms with E-state index in [1.165, 1.54) is 12.4 Å². The van der Waals surface area contributed by atoms with Crippen LogP contribution in [0.5, 0.6) is 23.0 Å². The topological polar surface area (TPSA) is 128 Å². The number of aromatic nitrogens is 4. The predicted molar refractivity (Wildman–Crippen MR) is 171 cm³/mol. The average Bonchev–Trinajstić information content (AvgIpc) is 3.07. The van der Waals surface area contributed by atoms with Gasteiger partial charge in [0.1, 0.15) is 34.4 Å². The molecule has 0 saturated heterocycles. The molecule has 0 aliphatic carbocycles. The number of carbonyl (C=O) groups is 2. The van der Waals surface area contributed by atoms with E-state index in [4.69, 9.17) is 21.1 Å². The molecule has 4 heterocycles. The van der Waals surface area contributed by atoms with E-state index >= 15 is 0 Å². The van der Waals surface area contributed by atoms with Crippen molar-refractivity contribution in [3.8, 4) is 23.0 Å². The van der Waals surface area contributed by atoms with Crippen LogP contribution in [0.15, 0.2) is 140 Å². The minimum Gasteiger partial charge on any atom is -0.456 e. The third kappa shape index (κ3) is 9.43. The van der Waals surface area contributed by atoms with Crippen molar-refractivity contribution < 1.29 is 19.1 Å². The summed E-state index contributed by atoms with van der Waals surface area (Å²) in [5.74, 6) is 1.58. The van der Waals surface area contributed by atoms with Gasteiger partial charge in [0, 0.05) is 53.3 Å². The highest BCUT2D eigenvalue weighted by Gasteiger charge is 2.11. The number of rotatable bonds is 8. The van der Waals surface area contributed by atoms with Crippen LogP contribution in [-0.4, -0.2) is 31.8 Å². The number of pyridine rings is 4. The quantitative estimate of drug-likeness (QED) is 0.178. The molecule has 6 rings (SSSR count). The zero-order chi connectivity index (χ0) is 31.3. The summed E-state index contributed by atoms with van der Waals surface area (Å²) in [7, 11) is 0. The molecule has 0 spiro atoms. The summed E-state index contributed by atoms with van der Waals surface area (Å²) in [6, 6.07) is 29.7. The van der Waals surface area contributed by atoms with Crippen molar-refractivity contribution in [3.05, 3.63) is 157 Å². The summed E-state index contributed by atoms with van der Waals surface area (Å²) in [6.45, 7) is 0. The van der Waals surface area contributed by atoms with Crippen molar-refractivity contribution in [1.29, 1.82) is 0 Å². The van der Waals surface area contributed by atoms with Gasteiger partial charge in [-0.1, -0.05) is 35.9 Å². The number of nitrogens with one attached hydrogen (secondary N) is 2. The fraction of sp³-hybridized carbons (Fsp3) is 0. The number of amides is 2. The largest absolute Gasteiger partial charge is 0.456 e. The number of hydrogen-bond acceptors (Lipinski definition) is 8. The molecule has 0 saturated carbocycles. The molecule has 11 heteroatoms. The summed E-state index contributed by atoms with van der Waals surface area (Å²) in [6.07, 6.45) is 9.56. The number of halogens is 1. The van der Waals surface area contributed by atoms with Crippen LogP contribution in [0.1, 0.15) is 21.0 Å². The van der Waals surface area contributed by atoms with E-state index in [0.717, 1.165) is 0 Å². The minimum absolute atomic E-state index is 0.242. The molecule has 6 aromatic rings. The lowest BCUT2D eigenvalue weighted by molar-refractivity contribution is 0.101. The van der Waals surface area contributed by atoms with Gasteiger partial charge in [-0.2, -0.15) is 0 Å². The standard InChI is InChI=1S/C17H12ClN3O2.C17H13N3O2/c18-12-3-1-4-13(9-12)21-17(22)16-10-14(6-8-20-16)23-15-5-2-7-19-11-15;21-17(20-13-5-2-1-3-6-13)16-11-14(8-10-19-16)22-15-7-4-9-18-12-15/h1-11H,(H,21,22);1-12H,(H,20,21). The Morgan fingerprint density at radius 1 is 0.533 bits per heavy atom. The van der Waals surface area contributed by atoms with Crippen molar-refractivity contribution in [3.63, 3.8) is 0 Å². The molecule has 2 N–H and O–H groups in total. The summed E-state index contributed by atoms with van der Waals surface area (Å²) in [4.78, 5) is 40.5. The fourth-order valence-corrected chi connectivity index (χ4v) is 3.95. The highest BCUT2D eigenvalue weighted by Crippen LogP contribution is 2.22. The van der Waals surface area contributed by atoms with E-state index in [9.17, 15) is 9.59 Å². The van der Waals surface area contributed by atoms with Crippen molar-refractivity contribution in [1.82, 2.24) is 19.9 Å². The van der Waals surface area contributed by atoms with Crippen LogP contribution in [0.2, 0.25) is 5.02 Å². The number of hydrogen-bond donors (Lipinski definition) is 2. The van der Waals surface area contributed by atoms with Crippen molar-refractivity contribution in [2.45, 2.75) is 0 Å². The molecule has 0 fully saturated rings. The maximum Gasteiger partial charge on any atom is 0.274 e. The Hall–Kier alpha value is -6.13. The SMILES string of the molecule is O=C(Nc1cccc(Cl)c1)c1cc(Oc2cccnc2)ccn1.O=C(Nc1ccccc1)c1cc(Oc2cccnc2)ccn1. The zero-order valence-corrected chi connectivity index (χ0v) is 24.3. The second-order valence-corrected chi connectivity index (χ2v) is 9.56. The van der Waals surface area contributed by atoms with Crippen LogP contribution in [0, 0.1) is 0 Å². The Morgan fingerprint density at radius 2 is 1.07 bits per heavy atom. The van der Waals surface area contributed by atoms with Gasteiger partial charge in [0.05, 0.1) is 12.4 Å². The molecule has 222 valence electrons. The second-order valence-electron chi connectivity index (χ2n) is 9.12. The molecule has 2 amide bonds. The van der Waals surface area contributed by atoms with Gasteiger partial charge in [-0.05, 0) is 66.7 Å². The Labute approximate surface area is 263 Å². The summed E-state index contributed by atoms with van der Waals surface area (Å²) < 4.78 is 11.3. The van der Waals surface area contributed by atoms with E-state index in [1.807, 2.05) is 30.3 Å². The monoisotopic (exact) mass is 616 g/mol. The van der Waals surface area contributed by atoms with Gasteiger partial charge in [-0.25, -0.2) is 0 Å². The number of ether oxygens (including phenoxy) is 2. The maximum atomic E-state index is 12.2. The Bertz CT molecular complexity index is 1860.